The summed E-state index contributed by atoms with van der Waals surface area (Å²) in [5, 5.41) is 0. The maximum absolute atomic E-state index is 10.5. The van der Waals surface area contributed by atoms with E-state index in [4.69, 9.17) is 11.5 Å². The van der Waals surface area contributed by atoms with Crippen molar-refractivity contribution in [1.29, 1.82) is 0 Å². The van der Waals surface area contributed by atoms with Crippen molar-refractivity contribution < 1.29 is 4.79 Å². The van der Waals surface area contributed by atoms with Crippen LogP contribution in [0.3, 0.4) is 0 Å². The van der Waals surface area contributed by atoms with Crippen LogP contribution in [0.5, 0.6) is 0 Å². The Bertz CT molecular complexity index is 134. The molecule has 4 N–H and O–H groups in total. The first kappa shape index (κ1) is 10.4. The maximum Gasteiger partial charge on any atom is 0.218 e. The standard InChI is InChI=1S/C8H18N2O/c1-5(2)6(3)7(9)4-8(10)11/h5-7H,4,9H2,1-3H3,(H2,10,11)/t6?,7-/m0/s1. The smallest absolute Gasteiger partial charge is 0.218 e. The van der Waals surface area contributed by atoms with Crippen molar-refractivity contribution in [3.63, 3.8) is 0 Å². The maximum atomic E-state index is 10.5. The number of rotatable bonds is 4. The molecule has 0 aromatic carbocycles. The summed E-state index contributed by atoms with van der Waals surface area (Å²) in [4.78, 5) is 10.5. The van der Waals surface area contributed by atoms with E-state index in [2.05, 4.69) is 13.8 Å². The molecule has 0 heterocycles. The Labute approximate surface area is 68.1 Å². The molecule has 0 aromatic heterocycles. The Morgan fingerprint density at radius 1 is 1.36 bits per heavy atom. The lowest BCUT2D eigenvalue weighted by molar-refractivity contribution is -0.118. The number of amides is 1. The Morgan fingerprint density at radius 2 is 1.82 bits per heavy atom. The molecule has 0 fully saturated rings. The van der Waals surface area contributed by atoms with Gasteiger partial charge in [-0.1, -0.05) is 20.8 Å². The van der Waals surface area contributed by atoms with Gasteiger partial charge < -0.3 is 11.5 Å². The fourth-order valence-corrected chi connectivity index (χ4v) is 0.913. The minimum Gasteiger partial charge on any atom is -0.370 e. The number of carbonyl (C=O) groups is 1. The lowest BCUT2D eigenvalue weighted by Gasteiger charge is -2.21. The first-order chi connectivity index (χ1) is 4.95. The molecule has 0 radical (unpaired) electrons. The third-order valence-electron chi connectivity index (χ3n) is 2.16. The van der Waals surface area contributed by atoms with Crippen LogP contribution in [-0.2, 0) is 4.79 Å². The molecular formula is C8H18N2O. The molecule has 1 amide bonds. The summed E-state index contributed by atoms with van der Waals surface area (Å²) in [5.74, 6) is 0.539. The summed E-state index contributed by atoms with van der Waals surface area (Å²) in [6, 6.07) is -0.0903. The zero-order valence-electron chi connectivity index (χ0n) is 7.50. The molecule has 0 saturated heterocycles. The molecule has 2 atom stereocenters. The molecule has 11 heavy (non-hydrogen) atoms. The van der Waals surface area contributed by atoms with Gasteiger partial charge >= 0.3 is 0 Å². The van der Waals surface area contributed by atoms with E-state index >= 15 is 0 Å². The fourth-order valence-electron chi connectivity index (χ4n) is 0.913. The summed E-state index contributed by atoms with van der Waals surface area (Å²) >= 11 is 0. The van der Waals surface area contributed by atoms with E-state index in [1.807, 2.05) is 6.92 Å². The number of hydrogen-bond acceptors (Lipinski definition) is 2. The van der Waals surface area contributed by atoms with Crippen molar-refractivity contribution in [1.82, 2.24) is 0 Å². The van der Waals surface area contributed by atoms with E-state index in [-0.39, 0.29) is 11.9 Å². The Kier molecular flexibility index (Phi) is 4.11. The average Bonchev–Trinajstić information content (AvgIpc) is 1.84. The van der Waals surface area contributed by atoms with Crippen LogP contribution in [-0.4, -0.2) is 11.9 Å². The van der Waals surface area contributed by atoms with E-state index in [0.717, 1.165) is 0 Å². The average molecular weight is 158 g/mol. The minimum absolute atomic E-state index is 0.0903. The number of nitrogens with two attached hydrogens (primary N) is 2. The van der Waals surface area contributed by atoms with Gasteiger partial charge in [0.05, 0.1) is 0 Å². The SMILES string of the molecule is CC(C)C(C)[C@@H](N)CC(N)=O. The minimum atomic E-state index is -0.315. The lowest BCUT2D eigenvalue weighted by atomic mass is 9.89. The number of primary amides is 1. The molecular weight excluding hydrogens is 140 g/mol. The van der Waals surface area contributed by atoms with Crippen molar-refractivity contribution in [3.05, 3.63) is 0 Å². The van der Waals surface area contributed by atoms with Crippen molar-refractivity contribution in [2.45, 2.75) is 33.2 Å². The predicted molar refractivity (Wildman–Crippen MR) is 45.8 cm³/mol. The molecule has 66 valence electrons. The summed E-state index contributed by atoms with van der Waals surface area (Å²) in [5.41, 5.74) is 10.7. The van der Waals surface area contributed by atoms with Crippen LogP contribution < -0.4 is 11.5 Å². The van der Waals surface area contributed by atoms with Gasteiger partial charge in [0, 0.05) is 12.5 Å². The Hall–Kier alpha value is -0.570. The summed E-state index contributed by atoms with van der Waals surface area (Å²) in [6.45, 7) is 6.22. The molecule has 0 spiro atoms. The van der Waals surface area contributed by atoms with Crippen LogP contribution in [0.25, 0.3) is 0 Å². The van der Waals surface area contributed by atoms with Crippen LogP contribution in [0.15, 0.2) is 0 Å². The van der Waals surface area contributed by atoms with E-state index in [1.54, 1.807) is 0 Å². The van der Waals surface area contributed by atoms with Gasteiger partial charge in [0.25, 0.3) is 0 Å². The fraction of sp³-hybridized carbons (Fsp3) is 0.875. The molecule has 0 bridgehead atoms. The van der Waals surface area contributed by atoms with E-state index in [9.17, 15) is 4.79 Å². The van der Waals surface area contributed by atoms with Gasteiger partial charge in [-0.25, -0.2) is 0 Å². The van der Waals surface area contributed by atoms with Crippen LogP contribution in [0, 0.1) is 11.8 Å². The topological polar surface area (TPSA) is 69.1 Å². The molecule has 3 nitrogen and oxygen atoms in total. The normalized spacial score (nSPS) is 16.5. The molecule has 0 rings (SSSR count). The molecule has 0 aliphatic carbocycles. The Balaban J connectivity index is 3.82. The molecule has 0 saturated carbocycles. The van der Waals surface area contributed by atoms with Crippen molar-refractivity contribution in [2.75, 3.05) is 0 Å². The lowest BCUT2D eigenvalue weighted by Crippen LogP contribution is -2.35. The summed E-state index contributed by atoms with van der Waals surface area (Å²) < 4.78 is 0. The van der Waals surface area contributed by atoms with E-state index < -0.39 is 0 Å². The van der Waals surface area contributed by atoms with Gasteiger partial charge in [0.2, 0.25) is 5.91 Å². The van der Waals surface area contributed by atoms with Gasteiger partial charge in [0.15, 0.2) is 0 Å². The van der Waals surface area contributed by atoms with Gasteiger partial charge in [-0.05, 0) is 11.8 Å². The van der Waals surface area contributed by atoms with Gasteiger partial charge in [-0.2, -0.15) is 0 Å². The van der Waals surface area contributed by atoms with Crippen LogP contribution in [0.1, 0.15) is 27.2 Å². The van der Waals surface area contributed by atoms with Crippen molar-refractivity contribution in [3.8, 4) is 0 Å². The second-order valence-corrected chi connectivity index (χ2v) is 3.44. The zero-order valence-corrected chi connectivity index (χ0v) is 7.50. The third-order valence-corrected chi connectivity index (χ3v) is 2.16. The van der Waals surface area contributed by atoms with Gasteiger partial charge in [-0.15, -0.1) is 0 Å². The molecule has 3 heteroatoms. The first-order valence-electron chi connectivity index (χ1n) is 3.99. The van der Waals surface area contributed by atoms with Crippen molar-refractivity contribution in [2.24, 2.45) is 23.3 Å². The Morgan fingerprint density at radius 3 is 2.09 bits per heavy atom. The number of carbonyl (C=O) groups excluding carboxylic acids is 1. The predicted octanol–water partition coefficient (Wildman–Crippen LogP) is 0.481. The van der Waals surface area contributed by atoms with Crippen molar-refractivity contribution >= 4 is 5.91 Å². The highest BCUT2D eigenvalue weighted by Crippen LogP contribution is 2.14. The largest absolute Gasteiger partial charge is 0.370 e. The molecule has 1 unspecified atom stereocenters. The first-order valence-corrected chi connectivity index (χ1v) is 3.99. The highest BCUT2D eigenvalue weighted by molar-refractivity contribution is 5.74. The quantitative estimate of drug-likeness (QED) is 0.625. The zero-order chi connectivity index (χ0) is 9.02. The number of hydrogen-bond donors (Lipinski definition) is 2. The summed E-state index contributed by atoms with van der Waals surface area (Å²) in [7, 11) is 0. The van der Waals surface area contributed by atoms with E-state index in [1.165, 1.54) is 0 Å². The monoisotopic (exact) mass is 158 g/mol. The molecule has 0 aliphatic rings. The van der Waals surface area contributed by atoms with E-state index in [0.29, 0.717) is 18.3 Å². The molecule has 0 aliphatic heterocycles. The van der Waals surface area contributed by atoms with Crippen LogP contribution in [0.4, 0.5) is 0 Å². The third kappa shape index (κ3) is 3.98. The van der Waals surface area contributed by atoms with Gasteiger partial charge in [-0.3, -0.25) is 4.79 Å². The van der Waals surface area contributed by atoms with Crippen LogP contribution in [0.2, 0.25) is 0 Å². The highest BCUT2D eigenvalue weighted by atomic mass is 16.1. The molecule has 0 aromatic rings. The highest BCUT2D eigenvalue weighted by Gasteiger charge is 2.17. The van der Waals surface area contributed by atoms with Gasteiger partial charge in [0.1, 0.15) is 0 Å². The summed E-state index contributed by atoms with van der Waals surface area (Å²) in [6.07, 6.45) is 0.291. The van der Waals surface area contributed by atoms with Crippen LogP contribution >= 0.6 is 0 Å². The second-order valence-electron chi connectivity index (χ2n) is 3.44. The second kappa shape index (κ2) is 4.34.